The van der Waals surface area contributed by atoms with Crippen LogP contribution in [0.3, 0.4) is 0 Å². The van der Waals surface area contributed by atoms with Crippen molar-refractivity contribution in [1.82, 2.24) is 5.01 Å². The van der Waals surface area contributed by atoms with Gasteiger partial charge in [-0.05, 0) is 41.0 Å². The molecule has 7 nitrogen and oxygen atoms in total. The number of nitrogens with zero attached hydrogens (tertiary/aromatic N) is 3. The molecule has 0 radical (unpaired) electrons. The van der Waals surface area contributed by atoms with Crippen LogP contribution in [0.4, 0.5) is 5.69 Å². The maximum atomic E-state index is 14.7. The molecule has 1 unspecified atom stereocenters. The van der Waals surface area contributed by atoms with Gasteiger partial charge in [-0.3, -0.25) is 19.9 Å². The Morgan fingerprint density at radius 3 is 2.08 bits per heavy atom. The van der Waals surface area contributed by atoms with E-state index in [1.54, 1.807) is 30.3 Å². The van der Waals surface area contributed by atoms with Gasteiger partial charge >= 0.3 is 0 Å². The number of nitro benzene ring substituents is 1. The van der Waals surface area contributed by atoms with Crippen LogP contribution in [0.2, 0.25) is 0 Å². The van der Waals surface area contributed by atoms with Crippen molar-refractivity contribution >= 4 is 17.2 Å². The lowest BCUT2D eigenvalue weighted by Crippen LogP contribution is -2.60. The van der Waals surface area contributed by atoms with Crippen LogP contribution in [-0.2, 0) is 0 Å². The van der Waals surface area contributed by atoms with Crippen molar-refractivity contribution in [2.24, 2.45) is 5.10 Å². The fourth-order valence-electron chi connectivity index (χ4n) is 5.59. The molecule has 0 amide bonds. The Morgan fingerprint density at radius 1 is 0.838 bits per heavy atom. The van der Waals surface area contributed by atoms with E-state index in [4.69, 9.17) is 9.84 Å². The van der Waals surface area contributed by atoms with Gasteiger partial charge in [-0.25, -0.2) is 0 Å². The second-order valence-corrected chi connectivity index (χ2v) is 9.22. The molecule has 0 saturated carbocycles. The Kier molecular flexibility index (Phi) is 5.34. The Morgan fingerprint density at radius 2 is 1.43 bits per heavy atom. The summed E-state index contributed by atoms with van der Waals surface area (Å²) in [4.78, 5) is 25.5. The minimum Gasteiger partial charge on any atom is -0.482 e. The van der Waals surface area contributed by atoms with E-state index in [0.29, 0.717) is 22.6 Å². The molecule has 2 heterocycles. The first kappa shape index (κ1) is 22.7. The lowest BCUT2D eigenvalue weighted by Gasteiger charge is -2.47. The predicted octanol–water partition coefficient (Wildman–Crippen LogP) is 5.78. The number of benzene rings is 4. The van der Waals surface area contributed by atoms with Gasteiger partial charge in [-0.2, -0.15) is 5.10 Å². The molecular weight excluding hydrogens is 466 g/mol. The lowest BCUT2D eigenvalue weighted by molar-refractivity contribution is -0.384. The van der Waals surface area contributed by atoms with E-state index in [1.165, 1.54) is 12.1 Å². The number of para-hydroxylation sites is 1. The molecule has 1 spiro atoms. The zero-order valence-corrected chi connectivity index (χ0v) is 20.0. The standard InChI is InChI=1S/C30H23N3O4/c1-32-30(28(34)24-14-8-9-15-25(24)37-29(30)22-12-6-3-7-13-22)26(20-10-4-2-5-11-20)27(31-32)21-16-18-23(19-17-21)33(35)36/h2-19,26,29H,1H3/t26-,29+,30?/m1/s1. The first-order valence-electron chi connectivity index (χ1n) is 12.0. The van der Waals surface area contributed by atoms with Gasteiger partial charge in [0.2, 0.25) is 0 Å². The SMILES string of the molecule is CN1N=C(c2ccc([N+](=O)[O-])cc2)[C@@H](c2ccccc2)C12C(=O)c1ccccc1O[C@H]2c1ccccc1. The number of Topliss-reactive ketones (excluding diaryl/α,β-unsaturated/α-hetero) is 1. The smallest absolute Gasteiger partial charge is 0.269 e. The Bertz CT molecular complexity index is 1520. The molecule has 0 saturated heterocycles. The summed E-state index contributed by atoms with van der Waals surface area (Å²) in [6.45, 7) is 0. The van der Waals surface area contributed by atoms with Gasteiger partial charge in [-0.1, -0.05) is 72.8 Å². The third-order valence-corrected chi connectivity index (χ3v) is 7.26. The van der Waals surface area contributed by atoms with E-state index in [-0.39, 0.29) is 11.5 Å². The van der Waals surface area contributed by atoms with Crippen molar-refractivity contribution in [2.45, 2.75) is 17.6 Å². The number of fused-ring (bicyclic) bond motifs is 1. The zero-order valence-electron chi connectivity index (χ0n) is 20.0. The molecule has 0 N–H and O–H groups in total. The van der Waals surface area contributed by atoms with E-state index in [0.717, 1.165) is 11.1 Å². The predicted molar refractivity (Wildman–Crippen MR) is 140 cm³/mol. The van der Waals surface area contributed by atoms with E-state index < -0.39 is 22.5 Å². The summed E-state index contributed by atoms with van der Waals surface area (Å²) in [6, 6.07) is 33.1. The average molecular weight is 490 g/mol. The molecular formula is C30H23N3O4. The molecule has 0 fully saturated rings. The number of ketones is 1. The molecule has 0 aliphatic carbocycles. The quantitative estimate of drug-likeness (QED) is 0.268. The minimum atomic E-state index is -1.23. The number of nitro groups is 1. The molecule has 3 atom stereocenters. The normalized spacial score (nSPS) is 22.4. The number of carbonyl (C=O) groups excluding carboxylic acids is 1. The van der Waals surface area contributed by atoms with Crippen molar-refractivity contribution in [1.29, 1.82) is 0 Å². The maximum Gasteiger partial charge on any atom is 0.269 e. The number of hydrogen-bond donors (Lipinski definition) is 0. The molecule has 2 aliphatic heterocycles. The van der Waals surface area contributed by atoms with E-state index in [9.17, 15) is 14.9 Å². The number of non-ortho nitro benzene ring substituents is 1. The van der Waals surface area contributed by atoms with Crippen LogP contribution in [0, 0.1) is 10.1 Å². The molecule has 182 valence electrons. The Labute approximate surface area is 213 Å². The molecule has 7 heteroatoms. The van der Waals surface area contributed by atoms with Gasteiger partial charge in [0, 0.05) is 19.2 Å². The minimum absolute atomic E-state index is 0.00478. The maximum absolute atomic E-state index is 14.7. The van der Waals surface area contributed by atoms with Crippen LogP contribution in [0.5, 0.6) is 5.75 Å². The van der Waals surface area contributed by atoms with Crippen LogP contribution in [-0.4, -0.2) is 34.0 Å². The lowest BCUT2D eigenvalue weighted by atomic mass is 9.66. The molecule has 6 rings (SSSR count). The average Bonchev–Trinajstić information content (AvgIpc) is 3.25. The zero-order chi connectivity index (χ0) is 25.6. The fourth-order valence-corrected chi connectivity index (χ4v) is 5.59. The molecule has 37 heavy (non-hydrogen) atoms. The van der Waals surface area contributed by atoms with Crippen molar-refractivity contribution < 1.29 is 14.5 Å². The van der Waals surface area contributed by atoms with Crippen LogP contribution >= 0.6 is 0 Å². The monoisotopic (exact) mass is 489 g/mol. The van der Waals surface area contributed by atoms with Crippen LogP contribution in [0.15, 0.2) is 114 Å². The highest BCUT2D eigenvalue weighted by atomic mass is 16.6. The van der Waals surface area contributed by atoms with Crippen LogP contribution in [0.1, 0.15) is 39.1 Å². The fraction of sp³-hybridized carbons (Fsp3) is 0.133. The Balaban J connectivity index is 1.61. The van der Waals surface area contributed by atoms with Crippen molar-refractivity contribution in [3.05, 3.63) is 142 Å². The first-order valence-corrected chi connectivity index (χ1v) is 12.0. The Hall–Kier alpha value is -4.78. The van der Waals surface area contributed by atoms with Gasteiger partial charge in [0.05, 0.1) is 22.1 Å². The van der Waals surface area contributed by atoms with Crippen LogP contribution < -0.4 is 4.74 Å². The molecule has 2 aliphatic rings. The second kappa shape index (κ2) is 8.71. The highest BCUT2D eigenvalue weighted by molar-refractivity contribution is 6.17. The van der Waals surface area contributed by atoms with Crippen molar-refractivity contribution in [2.75, 3.05) is 7.05 Å². The summed E-state index contributed by atoms with van der Waals surface area (Å²) >= 11 is 0. The van der Waals surface area contributed by atoms with Crippen LogP contribution in [0.25, 0.3) is 0 Å². The molecule has 0 bridgehead atoms. The number of likely N-dealkylation sites (N-methyl/N-ethyl adjacent to an activating group) is 1. The summed E-state index contributed by atoms with van der Waals surface area (Å²) in [7, 11) is 1.81. The number of ether oxygens (including phenoxy) is 1. The molecule has 4 aromatic carbocycles. The van der Waals surface area contributed by atoms with Gasteiger partial charge in [-0.15, -0.1) is 0 Å². The van der Waals surface area contributed by atoms with Crippen molar-refractivity contribution in [3.8, 4) is 5.75 Å². The summed E-state index contributed by atoms with van der Waals surface area (Å²) in [5.74, 6) is -0.0533. The largest absolute Gasteiger partial charge is 0.482 e. The van der Waals surface area contributed by atoms with Gasteiger partial charge in [0.25, 0.3) is 5.69 Å². The second-order valence-electron chi connectivity index (χ2n) is 9.22. The highest BCUT2D eigenvalue weighted by Gasteiger charge is 2.64. The first-order chi connectivity index (χ1) is 18.0. The molecule has 0 aromatic heterocycles. The summed E-state index contributed by atoms with van der Waals surface area (Å²) < 4.78 is 6.66. The summed E-state index contributed by atoms with van der Waals surface area (Å²) in [5.41, 5.74) is 2.40. The van der Waals surface area contributed by atoms with Gasteiger partial charge in [0.1, 0.15) is 5.75 Å². The third kappa shape index (κ3) is 3.42. The summed E-state index contributed by atoms with van der Waals surface area (Å²) in [6.07, 6.45) is -0.661. The van der Waals surface area contributed by atoms with E-state index in [2.05, 4.69) is 0 Å². The third-order valence-electron chi connectivity index (χ3n) is 7.26. The highest BCUT2D eigenvalue weighted by Crippen LogP contribution is 2.54. The van der Waals surface area contributed by atoms with Gasteiger partial charge < -0.3 is 4.74 Å². The van der Waals surface area contributed by atoms with E-state index in [1.807, 2.05) is 78.9 Å². The number of hydrazone groups is 1. The summed E-state index contributed by atoms with van der Waals surface area (Å²) in [5, 5.41) is 18.0. The molecule has 4 aromatic rings. The topological polar surface area (TPSA) is 85.0 Å². The van der Waals surface area contributed by atoms with Crippen molar-refractivity contribution in [3.63, 3.8) is 0 Å². The van der Waals surface area contributed by atoms with E-state index >= 15 is 0 Å². The number of hydrogen-bond acceptors (Lipinski definition) is 6. The van der Waals surface area contributed by atoms with Gasteiger partial charge in [0.15, 0.2) is 17.4 Å². The number of carbonyl (C=O) groups is 1. The number of rotatable bonds is 4.